The number of furan rings is 1. The molecule has 2 N–H and O–H groups in total. The Morgan fingerprint density at radius 1 is 1.43 bits per heavy atom. The fraction of sp³-hybridized carbons (Fsp3) is 0.231. The lowest BCUT2D eigenvalue weighted by Gasteiger charge is -2.22. The average molecular weight is 420 g/mol. The Bertz CT molecular complexity index is 713. The van der Waals surface area contributed by atoms with Gasteiger partial charge in [0, 0.05) is 12.5 Å². The van der Waals surface area contributed by atoms with E-state index in [0.29, 0.717) is 10.4 Å². The lowest BCUT2D eigenvalue weighted by atomic mass is 10.1. The van der Waals surface area contributed by atoms with E-state index in [0.717, 1.165) is 16.7 Å². The molecular formula is C13H10BrNO6S2. The number of nitrogens with zero attached hydrogens (tertiary/aromatic N) is 1. The van der Waals surface area contributed by atoms with Crippen LogP contribution in [0.25, 0.3) is 6.08 Å². The highest BCUT2D eigenvalue weighted by Gasteiger charge is 2.40. The van der Waals surface area contributed by atoms with Crippen molar-refractivity contribution in [1.29, 1.82) is 0 Å². The highest BCUT2D eigenvalue weighted by Crippen LogP contribution is 2.35. The molecule has 1 aliphatic heterocycles. The fourth-order valence-corrected chi connectivity index (χ4v) is 3.56. The van der Waals surface area contributed by atoms with Crippen molar-refractivity contribution in [2.45, 2.75) is 18.9 Å². The van der Waals surface area contributed by atoms with Gasteiger partial charge in [-0.25, -0.2) is 4.79 Å². The highest BCUT2D eigenvalue weighted by atomic mass is 79.9. The Balaban J connectivity index is 2.24. The standard InChI is InChI=1S/C13H10BrNO6S2/c14-9-3-1-6(21-9)5-8-11(18)15(13(22)23-8)7(12(19)20)2-4-10(16)17/h1,3,5,7H,2,4H2,(H,16,17)(H,19,20)/b8-5+. The Labute approximate surface area is 148 Å². The molecule has 1 fully saturated rings. The van der Waals surface area contributed by atoms with Gasteiger partial charge in [-0.05, 0) is 34.5 Å². The molecule has 2 heterocycles. The summed E-state index contributed by atoms with van der Waals surface area (Å²) in [6.45, 7) is 0. The summed E-state index contributed by atoms with van der Waals surface area (Å²) >= 11 is 9.16. The van der Waals surface area contributed by atoms with Crippen molar-refractivity contribution in [3.63, 3.8) is 0 Å². The first-order valence-electron chi connectivity index (χ1n) is 6.26. The number of halogens is 1. The van der Waals surface area contributed by atoms with E-state index in [9.17, 15) is 19.5 Å². The van der Waals surface area contributed by atoms with Gasteiger partial charge in [0.1, 0.15) is 16.1 Å². The maximum absolute atomic E-state index is 12.4. The van der Waals surface area contributed by atoms with Gasteiger partial charge in [-0.3, -0.25) is 14.5 Å². The third-order valence-electron chi connectivity index (χ3n) is 2.92. The lowest BCUT2D eigenvalue weighted by Crippen LogP contribution is -2.44. The van der Waals surface area contributed by atoms with E-state index in [-0.39, 0.29) is 22.1 Å². The van der Waals surface area contributed by atoms with E-state index in [2.05, 4.69) is 15.9 Å². The molecule has 0 radical (unpaired) electrons. The third-order valence-corrected chi connectivity index (χ3v) is 4.68. The normalized spacial score (nSPS) is 17.8. The maximum atomic E-state index is 12.4. The SMILES string of the molecule is O=C(O)CCC(C(=O)O)N1C(=O)/C(=C\c2ccc(Br)o2)SC1=S. The molecule has 0 spiro atoms. The first kappa shape index (κ1) is 17.7. The molecule has 0 saturated carbocycles. The number of carboxylic acid groups (broad SMARTS) is 2. The number of thiocarbonyl (C=S) groups is 1. The van der Waals surface area contributed by atoms with Gasteiger partial charge < -0.3 is 14.6 Å². The summed E-state index contributed by atoms with van der Waals surface area (Å²) in [6, 6.07) is 1.97. The van der Waals surface area contributed by atoms with Gasteiger partial charge in [-0.2, -0.15) is 0 Å². The van der Waals surface area contributed by atoms with Crippen LogP contribution in [0.5, 0.6) is 0 Å². The molecule has 1 atom stereocenters. The van der Waals surface area contributed by atoms with Crippen molar-refractivity contribution in [2.75, 3.05) is 0 Å². The molecule has 0 aliphatic carbocycles. The molecule has 1 aliphatic rings. The third kappa shape index (κ3) is 4.21. The van der Waals surface area contributed by atoms with Crippen LogP contribution >= 0.6 is 39.9 Å². The second-order valence-electron chi connectivity index (χ2n) is 4.48. The number of aliphatic carboxylic acids is 2. The van der Waals surface area contributed by atoms with E-state index in [1.165, 1.54) is 6.08 Å². The number of thioether (sulfide) groups is 1. The zero-order valence-electron chi connectivity index (χ0n) is 11.4. The first-order valence-corrected chi connectivity index (χ1v) is 8.28. The van der Waals surface area contributed by atoms with E-state index >= 15 is 0 Å². The summed E-state index contributed by atoms with van der Waals surface area (Å²) in [5.41, 5.74) is 0. The van der Waals surface area contributed by atoms with E-state index in [1.54, 1.807) is 12.1 Å². The van der Waals surface area contributed by atoms with Gasteiger partial charge in [0.15, 0.2) is 4.67 Å². The monoisotopic (exact) mass is 419 g/mol. The molecule has 10 heteroatoms. The van der Waals surface area contributed by atoms with Crippen LogP contribution < -0.4 is 0 Å². The molecule has 7 nitrogen and oxygen atoms in total. The van der Waals surface area contributed by atoms with E-state index in [1.807, 2.05) is 0 Å². The zero-order valence-corrected chi connectivity index (χ0v) is 14.6. The van der Waals surface area contributed by atoms with Crippen molar-refractivity contribution in [3.8, 4) is 0 Å². The minimum Gasteiger partial charge on any atom is -0.481 e. The van der Waals surface area contributed by atoms with Crippen LogP contribution in [-0.2, 0) is 14.4 Å². The topological polar surface area (TPSA) is 108 Å². The Hall–Kier alpha value is -1.65. The summed E-state index contributed by atoms with van der Waals surface area (Å²) in [6.07, 6.45) is 0.856. The molecule has 1 amide bonds. The van der Waals surface area contributed by atoms with Gasteiger partial charge in [0.2, 0.25) is 0 Å². The van der Waals surface area contributed by atoms with E-state index in [4.69, 9.17) is 21.7 Å². The highest BCUT2D eigenvalue weighted by molar-refractivity contribution is 9.10. The minimum absolute atomic E-state index is 0.0738. The van der Waals surface area contributed by atoms with Crippen LogP contribution in [0.3, 0.4) is 0 Å². The molecule has 2 rings (SSSR count). The van der Waals surface area contributed by atoms with Gasteiger partial charge >= 0.3 is 11.9 Å². The van der Waals surface area contributed by atoms with Crippen LogP contribution in [0, 0.1) is 0 Å². The predicted octanol–water partition coefficient (Wildman–Crippen LogP) is 2.56. The second kappa shape index (κ2) is 7.28. The van der Waals surface area contributed by atoms with Crippen molar-refractivity contribution in [2.24, 2.45) is 0 Å². The van der Waals surface area contributed by atoms with E-state index < -0.39 is 23.9 Å². The predicted molar refractivity (Wildman–Crippen MR) is 89.7 cm³/mol. The fourth-order valence-electron chi connectivity index (χ4n) is 1.91. The Morgan fingerprint density at radius 2 is 2.13 bits per heavy atom. The lowest BCUT2D eigenvalue weighted by molar-refractivity contribution is -0.146. The molecule has 1 saturated heterocycles. The molecule has 1 aromatic heterocycles. The maximum Gasteiger partial charge on any atom is 0.326 e. The number of rotatable bonds is 6. The molecule has 1 unspecified atom stereocenters. The Kier molecular flexibility index (Phi) is 5.60. The van der Waals surface area contributed by atoms with Crippen LogP contribution in [0.2, 0.25) is 0 Å². The van der Waals surface area contributed by atoms with Crippen LogP contribution in [0.4, 0.5) is 0 Å². The van der Waals surface area contributed by atoms with Crippen molar-refractivity contribution >= 4 is 68.2 Å². The molecule has 0 bridgehead atoms. The van der Waals surface area contributed by atoms with Gasteiger partial charge in [-0.15, -0.1) is 0 Å². The molecule has 23 heavy (non-hydrogen) atoms. The molecule has 1 aromatic rings. The molecule has 122 valence electrons. The quantitative estimate of drug-likeness (QED) is 0.534. The van der Waals surface area contributed by atoms with Crippen LogP contribution in [0.1, 0.15) is 18.6 Å². The number of carbonyl (C=O) groups is 3. The largest absolute Gasteiger partial charge is 0.481 e. The summed E-state index contributed by atoms with van der Waals surface area (Å²) in [5.74, 6) is -2.61. The summed E-state index contributed by atoms with van der Waals surface area (Å²) < 4.78 is 5.83. The number of carbonyl (C=O) groups excluding carboxylic acids is 1. The average Bonchev–Trinajstić information content (AvgIpc) is 2.96. The van der Waals surface area contributed by atoms with Gasteiger partial charge in [0.05, 0.1) is 4.91 Å². The smallest absolute Gasteiger partial charge is 0.326 e. The number of amides is 1. The van der Waals surface area contributed by atoms with Crippen molar-refractivity contribution < 1.29 is 29.0 Å². The number of hydrogen-bond acceptors (Lipinski definition) is 6. The number of carboxylic acids is 2. The zero-order chi connectivity index (χ0) is 17.1. The van der Waals surface area contributed by atoms with Gasteiger partial charge in [0.25, 0.3) is 5.91 Å². The molecular weight excluding hydrogens is 410 g/mol. The van der Waals surface area contributed by atoms with Crippen LogP contribution in [0.15, 0.2) is 26.1 Å². The summed E-state index contributed by atoms with van der Waals surface area (Å²) in [7, 11) is 0. The van der Waals surface area contributed by atoms with Crippen molar-refractivity contribution in [3.05, 3.63) is 27.5 Å². The number of hydrogen-bond donors (Lipinski definition) is 2. The Morgan fingerprint density at radius 3 is 2.65 bits per heavy atom. The van der Waals surface area contributed by atoms with Crippen molar-refractivity contribution in [1.82, 2.24) is 4.90 Å². The molecule has 0 aromatic carbocycles. The van der Waals surface area contributed by atoms with Crippen LogP contribution in [-0.4, -0.2) is 43.3 Å². The first-order chi connectivity index (χ1) is 10.8. The summed E-state index contributed by atoms with van der Waals surface area (Å²) in [5, 5.41) is 18.0. The minimum atomic E-state index is -1.31. The summed E-state index contributed by atoms with van der Waals surface area (Å²) in [4.78, 5) is 35.6. The second-order valence-corrected chi connectivity index (χ2v) is 6.94. The van der Waals surface area contributed by atoms with Gasteiger partial charge in [-0.1, -0.05) is 24.0 Å².